The lowest BCUT2D eigenvalue weighted by atomic mass is 10.0. The molecule has 0 spiro atoms. The van der Waals surface area contributed by atoms with Crippen LogP contribution in [0.1, 0.15) is 0 Å². The van der Waals surface area contributed by atoms with E-state index in [9.17, 15) is 43.3 Å². The molecular formula is C12H7N3O9S. The lowest BCUT2D eigenvalue weighted by Crippen LogP contribution is -2.05. The first kappa shape index (κ1) is 17.9. The van der Waals surface area contributed by atoms with E-state index in [0.717, 1.165) is 12.1 Å². The van der Waals surface area contributed by atoms with E-state index in [2.05, 4.69) is 0 Å². The molecule has 2 rings (SSSR count). The maximum atomic E-state index is 11.5. The largest absolute Gasteiger partial charge is 0.295 e. The third kappa shape index (κ3) is 3.41. The molecule has 0 atom stereocenters. The summed E-state index contributed by atoms with van der Waals surface area (Å²) in [7, 11) is -4.87. The number of hydrogen-bond donors (Lipinski definition) is 1. The van der Waals surface area contributed by atoms with Gasteiger partial charge in [0.15, 0.2) is 0 Å². The third-order valence-corrected chi connectivity index (χ3v) is 4.03. The molecule has 0 amide bonds. The highest BCUT2D eigenvalue weighted by Gasteiger charge is 2.34. The molecule has 0 aliphatic rings. The van der Waals surface area contributed by atoms with Crippen molar-refractivity contribution in [3.8, 4) is 11.1 Å². The Hall–Kier alpha value is -3.45. The number of hydrogen-bond acceptors (Lipinski definition) is 8. The van der Waals surface area contributed by atoms with Crippen LogP contribution < -0.4 is 0 Å². The fourth-order valence-electron chi connectivity index (χ4n) is 2.16. The normalized spacial score (nSPS) is 11.1. The first-order chi connectivity index (χ1) is 11.5. The van der Waals surface area contributed by atoms with Crippen molar-refractivity contribution >= 4 is 27.2 Å². The van der Waals surface area contributed by atoms with E-state index in [0.29, 0.717) is 12.1 Å². The van der Waals surface area contributed by atoms with Crippen LogP contribution in [0.3, 0.4) is 0 Å². The Morgan fingerprint density at radius 1 is 0.840 bits per heavy atom. The summed E-state index contributed by atoms with van der Waals surface area (Å²) in [5, 5.41) is 33.4. The van der Waals surface area contributed by atoms with Crippen LogP contribution in [0.2, 0.25) is 0 Å². The van der Waals surface area contributed by atoms with E-state index < -0.39 is 58.0 Å². The zero-order valence-electron chi connectivity index (χ0n) is 11.9. The molecule has 12 nitrogen and oxygen atoms in total. The number of rotatable bonds is 5. The zero-order valence-corrected chi connectivity index (χ0v) is 12.7. The third-order valence-electron chi connectivity index (χ3n) is 3.12. The van der Waals surface area contributed by atoms with Crippen LogP contribution >= 0.6 is 0 Å². The van der Waals surface area contributed by atoms with Gasteiger partial charge in [-0.1, -0.05) is 18.2 Å². The van der Waals surface area contributed by atoms with Crippen LogP contribution in [0.25, 0.3) is 11.1 Å². The lowest BCUT2D eigenvalue weighted by Gasteiger charge is -2.08. The molecule has 0 radical (unpaired) electrons. The molecule has 0 heterocycles. The topological polar surface area (TPSA) is 184 Å². The first-order valence-electron chi connectivity index (χ1n) is 6.22. The highest BCUT2D eigenvalue weighted by Crippen LogP contribution is 2.43. The number of nitro benzene ring substituents is 3. The second kappa shape index (κ2) is 6.21. The molecule has 2 aromatic carbocycles. The zero-order chi connectivity index (χ0) is 18.9. The molecule has 0 fully saturated rings. The summed E-state index contributed by atoms with van der Waals surface area (Å²) in [6.07, 6.45) is 0. The average molecular weight is 369 g/mol. The van der Waals surface area contributed by atoms with Crippen molar-refractivity contribution in [2.45, 2.75) is 4.90 Å². The van der Waals surface area contributed by atoms with Crippen molar-refractivity contribution in [1.82, 2.24) is 0 Å². The minimum Gasteiger partial charge on any atom is -0.282 e. The molecule has 2 aromatic rings. The molecule has 1 N–H and O–H groups in total. The molecule has 0 saturated heterocycles. The maximum absolute atomic E-state index is 11.5. The highest BCUT2D eigenvalue weighted by molar-refractivity contribution is 7.86. The summed E-state index contributed by atoms with van der Waals surface area (Å²) in [5.74, 6) is 0. The Kier molecular flexibility index (Phi) is 4.45. The van der Waals surface area contributed by atoms with Crippen LogP contribution in [0.15, 0.2) is 41.3 Å². The second-order valence-electron chi connectivity index (χ2n) is 4.60. The summed E-state index contributed by atoms with van der Waals surface area (Å²) >= 11 is 0. The summed E-state index contributed by atoms with van der Waals surface area (Å²) in [4.78, 5) is 29.3. The molecule has 0 bridgehead atoms. The summed E-state index contributed by atoms with van der Waals surface area (Å²) in [6, 6.07) is 5.27. The number of benzene rings is 2. The smallest absolute Gasteiger partial charge is 0.282 e. The number of non-ortho nitro benzene ring substituents is 1. The van der Waals surface area contributed by atoms with Crippen LogP contribution in [0.5, 0.6) is 0 Å². The van der Waals surface area contributed by atoms with Gasteiger partial charge in [0.25, 0.3) is 27.2 Å². The second-order valence-corrected chi connectivity index (χ2v) is 5.99. The monoisotopic (exact) mass is 369 g/mol. The Morgan fingerprint density at radius 2 is 1.32 bits per heavy atom. The van der Waals surface area contributed by atoms with Gasteiger partial charge in [-0.3, -0.25) is 34.9 Å². The molecule has 0 aliphatic heterocycles. The van der Waals surface area contributed by atoms with Crippen molar-refractivity contribution in [2.24, 2.45) is 0 Å². The van der Waals surface area contributed by atoms with E-state index >= 15 is 0 Å². The van der Waals surface area contributed by atoms with E-state index in [-0.39, 0.29) is 0 Å². The van der Waals surface area contributed by atoms with Crippen LogP contribution in [-0.4, -0.2) is 27.7 Å². The number of nitro groups is 3. The SMILES string of the molecule is O=[N+]([O-])c1cc([N+](=O)[O-])c(-c2ccccc2S(=O)(=O)O)c([N+](=O)[O-])c1. The molecule has 0 unspecified atom stereocenters. The molecule has 0 saturated carbocycles. The summed E-state index contributed by atoms with van der Waals surface area (Å²) in [5.41, 5.74) is -4.30. The molecule has 0 aliphatic carbocycles. The summed E-state index contributed by atoms with van der Waals surface area (Å²) in [6.45, 7) is 0. The van der Waals surface area contributed by atoms with Gasteiger partial charge in [0.05, 0.1) is 26.9 Å². The van der Waals surface area contributed by atoms with Gasteiger partial charge in [-0.25, -0.2) is 0 Å². The van der Waals surface area contributed by atoms with Gasteiger partial charge < -0.3 is 0 Å². The van der Waals surface area contributed by atoms with Crippen molar-refractivity contribution in [3.63, 3.8) is 0 Å². The fourth-order valence-corrected chi connectivity index (χ4v) is 2.86. The van der Waals surface area contributed by atoms with E-state index in [1.807, 2.05) is 0 Å². The Bertz CT molecular complexity index is 981. The number of nitrogens with zero attached hydrogens (tertiary/aromatic N) is 3. The predicted octanol–water partition coefficient (Wildman–Crippen LogP) is 2.32. The standard InChI is InChI=1S/C12H7N3O9S/c16-13(17)7-5-9(14(18)19)12(10(6-7)15(20)21)8-3-1-2-4-11(8)25(22,23)24/h1-6H,(H,22,23,24). The minimum atomic E-state index is -4.87. The van der Waals surface area contributed by atoms with Crippen molar-refractivity contribution < 1.29 is 27.7 Å². The van der Waals surface area contributed by atoms with E-state index in [4.69, 9.17) is 0 Å². The minimum absolute atomic E-state index is 0.475. The molecule has 130 valence electrons. The molecule has 0 aromatic heterocycles. The average Bonchev–Trinajstić information content (AvgIpc) is 2.52. The van der Waals surface area contributed by atoms with Crippen LogP contribution in [-0.2, 0) is 10.1 Å². The van der Waals surface area contributed by atoms with Crippen LogP contribution in [0, 0.1) is 30.3 Å². The quantitative estimate of drug-likeness (QED) is 0.469. The Balaban J connectivity index is 3.03. The predicted molar refractivity (Wildman–Crippen MR) is 81.7 cm³/mol. The van der Waals surface area contributed by atoms with E-state index in [1.54, 1.807) is 0 Å². The van der Waals surface area contributed by atoms with Gasteiger partial charge in [-0.05, 0) is 6.07 Å². The fraction of sp³-hybridized carbons (Fsp3) is 0. The van der Waals surface area contributed by atoms with Gasteiger partial charge in [0, 0.05) is 5.56 Å². The Labute approximate surface area is 138 Å². The van der Waals surface area contributed by atoms with Crippen molar-refractivity contribution in [3.05, 3.63) is 66.7 Å². The van der Waals surface area contributed by atoms with Crippen molar-refractivity contribution in [2.75, 3.05) is 0 Å². The van der Waals surface area contributed by atoms with Gasteiger partial charge >= 0.3 is 0 Å². The maximum Gasteiger partial charge on any atom is 0.295 e. The highest BCUT2D eigenvalue weighted by atomic mass is 32.2. The van der Waals surface area contributed by atoms with Crippen molar-refractivity contribution in [1.29, 1.82) is 0 Å². The molecule has 25 heavy (non-hydrogen) atoms. The van der Waals surface area contributed by atoms with E-state index in [1.165, 1.54) is 12.1 Å². The van der Waals surface area contributed by atoms with Gasteiger partial charge in [-0.2, -0.15) is 8.42 Å². The van der Waals surface area contributed by atoms with Gasteiger partial charge in [0.1, 0.15) is 10.5 Å². The lowest BCUT2D eigenvalue weighted by molar-refractivity contribution is -0.402. The van der Waals surface area contributed by atoms with Crippen LogP contribution in [0.4, 0.5) is 17.1 Å². The molecule has 13 heteroatoms. The molecular weight excluding hydrogens is 362 g/mol. The summed E-state index contributed by atoms with van der Waals surface area (Å²) < 4.78 is 32.2. The Morgan fingerprint density at radius 3 is 1.72 bits per heavy atom. The first-order valence-corrected chi connectivity index (χ1v) is 7.66. The van der Waals surface area contributed by atoms with Gasteiger partial charge in [0.2, 0.25) is 0 Å². The van der Waals surface area contributed by atoms with Gasteiger partial charge in [-0.15, -0.1) is 0 Å².